The predicted molar refractivity (Wildman–Crippen MR) is 163 cm³/mol. The molecule has 40 heavy (non-hydrogen) atoms. The molecule has 1 radical (unpaired) electrons. The van der Waals surface area contributed by atoms with Crippen LogP contribution in [0, 0.1) is 24.5 Å². The SMILES string of the molecule is CC(C)(c1ccccc1)c1ccc[c-]c1-c1ccccn1.Cc1cnc(-c2[c-]cccc2)cc1CC(C)(C)C.[Ir]. The molecule has 0 aliphatic heterocycles. The first-order valence-electron chi connectivity index (χ1n) is 13.6. The molecule has 0 saturated heterocycles. The second kappa shape index (κ2) is 13.8. The van der Waals surface area contributed by atoms with Gasteiger partial charge in [0.25, 0.3) is 0 Å². The van der Waals surface area contributed by atoms with E-state index < -0.39 is 0 Å². The van der Waals surface area contributed by atoms with Gasteiger partial charge in [-0.2, -0.15) is 0 Å². The van der Waals surface area contributed by atoms with Crippen molar-refractivity contribution in [3.8, 4) is 22.5 Å². The summed E-state index contributed by atoms with van der Waals surface area (Å²) in [5, 5.41) is 0. The van der Waals surface area contributed by atoms with Crippen molar-refractivity contribution in [1.29, 1.82) is 0 Å². The Balaban J connectivity index is 0.000000218. The van der Waals surface area contributed by atoms with Gasteiger partial charge in [-0.15, -0.1) is 71.3 Å². The van der Waals surface area contributed by atoms with Gasteiger partial charge >= 0.3 is 0 Å². The van der Waals surface area contributed by atoms with E-state index in [1.54, 1.807) is 0 Å². The van der Waals surface area contributed by atoms with Gasteiger partial charge in [0.2, 0.25) is 0 Å². The number of hydrogen-bond acceptors (Lipinski definition) is 2. The summed E-state index contributed by atoms with van der Waals surface area (Å²) in [6.07, 6.45) is 4.87. The van der Waals surface area contributed by atoms with Crippen LogP contribution in [-0.2, 0) is 31.9 Å². The van der Waals surface area contributed by atoms with Crippen LogP contribution in [0.1, 0.15) is 56.9 Å². The maximum Gasteiger partial charge on any atom is 0.0192 e. The number of nitrogens with zero attached hydrogens (tertiary/aromatic N) is 2. The molecule has 0 fully saturated rings. The fourth-order valence-corrected chi connectivity index (χ4v) is 4.72. The van der Waals surface area contributed by atoms with Gasteiger partial charge in [0.05, 0.1) is 0 Å². The molecule has 0 saturated carbocycles. The third-order valence-electron chi connectivity index (χ3n) is 6.87. The first kappa shape index (κ1) is 31.1. The Morgan fingerprint density at radius 3 is 2.05 bits per heavy atom. The molecule has 5 rings (SSSR count). The molecule has 0 spiro atoms. The van der Waals surface area contributed by atoms with Gasteiger partial charge in [-0.05, 0) is 52.8 Å². The molecule has 5 aromatic rings. The van der Waals surface area contributed by atoms with E-state index in [1.807, 2.05) is 60.9 Å². The molecule has 0 aliphatic rings. The minimum absolute atomic E-state index is 0. The minimum Gasteiger partial charge on any atom is -0.305 e. The van der Waals surface area contributed by atoms with Gasteiger partial charge < -0.3 is 9.97 Å². The third-order valence-corrected chi connectivity index (χ3v) is 6.87. The molecular formula is C37H38IrN2-2. The number of benzene rings is 3. The topological polar surface area (TPSA) is 25.8 Å². The second-order valence-electron chi connectivity index (χ2n) is 11.7. The van der Waals surface area contributed by atoms with Crippen LogP contribution in [0.4, 0.5) is 0 Å². The summed E-state index contributed by atoms with van der Waals surface area (Å²) in [6.45, 7) is 13.4. The van der Waals surface area contributed by atoms with E-state index in [9.17, 15) is 0 Å². The smallest absolute Gasteiger partial charge is 0.0192 e. The molecule has 3 aromatic carbocycles. The van der Waals surface area contributed by atoms with Crippen molar-refractivity contribution in [3.05, 3.63) is 144 Å². The molecule has 0 unspecified atom stereocenters. The summed E-state index contributed by atoms with van der Waals surface area (Å²) in [7, 11) is 0. The predicted octanol–water partition coefficient (Wildman–Crippen LogP) is 9.32. The number of pyridine rings is 2. The maximum atomic E-state index is 4.51. The summed E-state index contributed by atoms with van der Waals surface area (Å²) in [5.41, 5.74) is 9.51. The van der Waals surface area contributed by atoms with E-state index in [0.29, 0.717) is 5.41 Å². The van der Waals surface area contributed by atoms with Crippen molar-refractivity contribution in [2.45, 2.75) is 53.4 Å². The number of aryl methyl sites for hydroxylation is 1. The average Bonchev–Trinajstić information content (AvgIpc) is 2.95. The molecule has 0 N–H and O–H groups in total. The average molecular weight is 703 g/mol. The fourth-order valence-electron chi connectivity index (χ4n) is 4.72. The van der Waals surface area contributed by atoms with Crippen LogP contribution < -0.4 is 0 Å². The van der Waals surface area contributed by atoms with Crippen LogP contribution in [0.15, 0.2) is 109 Å². The first-order chi connectivity index (χ1) is 18.6. The fraction of sp³-hybridized carbons (Fsp3) is 0.243. The normalized spacial score (nSPS) is 11.2. The Labute approximate surface area is 254 Å². The molecule has 0 amide bonds. The maximum absolute atomic E-state index is 4.51. The van der Waals surface area contributed by atoms with E-state index in [-0.39, 0.29) is 25.5 Å². The standard InChI is InChI=1S/C20H18N.C17H20N.Ir/c1-20(2,16-10-4-3-5-11-16)18-13-7-6-12-17(18)19-14-8-9-15-21-19;1-13-12-18-16(14-8-6-5-7-9-14)10-15(13)11-17(2,3)4;/h3-11,13-15H,1-2H3;5-8,10,12H,11H2,1-4H3;/q2*-1;. The second-order valence-corrected chi connectivity index (χ2v) is 11.7. The molecule has 2 aromatic heterocycles. The summed E-state index contributed by atoms with van der Waals surface area (Å²) in [5.74, 6) is 0. The Hall–Kier alpha value is -3.39. The quantitative estimate of drug-likeness (QED) is 0.171. The van der Waals surface area contributed by atoms with Crippen LogP contribution >= 0.6 is 0 Å². The van der Waals surface area contributed by atoms with E-state index in [4.69, 9.17) is 0 Å². The van der Waals surface area contributed by atoms with Crippen molar-refractivity contribution < 1.29 is 20.1 Å². The summed E-state index contributed by atoms with van der Waals surface area (Å²) >= 11 is 0. The van der Waals surface area contributed by atoms with E-state index in [0.717, 1.165) is 28.9 Å². The van der Waals surface area contributed by atoms with E-state index in [1.165, 1.54) is 22.3 Å². The van der Waals surface area contributed by atoms with Crippen molar-refractivity contribution in [2.75, 3.05) is 0 Å². The molecule has 0 aliphatic carbocycles. The summed E-state index contributed by atoms with van der Waals surface area (Å²) in [6, 6.07) is 39.5. The minimum atomic E-state index is -0.0914. The number of rotatable bonds is 5. The van der Waals surface area contributed by atoms with E-state index >= 15 is 0 Å². The van der Waals surface area contributed by atoms with Crippen molar-refractivity contribution in [2.24, 2.45) is 5.41 Å². The van der Waals surface area contributed by atoms with Gasteiger partial charge in [-0.1, -0.05) is 88.7 Å². The number of aromatic nitrogens is 2. The zero-order valence-electron chi connectivity index (χ0n) is 24.3. The summed E-state index contributed by atoms with van der Waals surface area (Å²) in [4.78, 5) is 8.99. The van der Waals surface area contributed by atoms with Gasteiger partial charge in [0.15, 0.2) is 0 Å². The first-order valence-corrected chi connectivity index (χ1v) is 13.6. The molecule has 207 valence electrons. The molecule has 2 nitrogen and oxygen atoms in total. The Morgan fingerprint density at radius 1 is 0.700 bits per heavy atom. The van der Waals surface area contributed by atoms with Gasteiger partial charge in [-0.25, -0.2) is 0 Å². The van der Waals surface area contributed by atoms with Gasteiger partial charge in [0.1, 0.15) is 0 Å². The largest absolute Gasteiger partial charge is 0.305 e. The Kier molecular flexibility index (Phi) is 10.7. The molecule has 3 heteroatoms. The van der Waals surface area contributed by atoms with Crippen LogP contribution in [0.2, 0.25) is 0 Å². The zero-order valence-corrected chi connectivity index (χ0v) is 26.7. The molecule has 2 heterocycles. The van der Waals surface area contributed by atoms with Gasteiger partial charge in [-0.3, -0.25) is 0 Å². The molecular weight excluding hydrogens is 665 g/mol. The van der Waals surface area contributed by atoms with Crippen LogP contribution in [0.5, 0.6) is 0 Å². The molecule has 0 bridgehead atoms. The zero-order chi connectivity index (χ0) is 27.9. The van der Waals surface area contributed by atoms with Crippen molar-refractivity contribution >= 4 is 0 Å². The number of hydrogen-bond donors (Lipinski definition) is 0. The van der Waals surface area contributed by atoms with Crippen LogP contribution in [0.3, 0.4) is 0 Å². The third kappa shape index (κ3) is 8.07. The van der Waals surface area contributed by atoms with Crippen molar-refractivity contribution in [3.63, 3.8) is 0 Å². The van der Waals surface area contributed by atoms with Crippen molar-refractivity contribution in [1.82, 2.24) is 9.97 Å². The monoisotopic (exact) mass is 703 g/mol. The van der Waals surface area contributed by atoms with Crippen LogP contribution in [-0.4, -0.2) is 9.97 Å². The Morgan fingerprint density at radius 2 is 1.40 bits per heavy atom. The summed E-state index contributed by atoms with van der Waals surface area (Å²) < 4.78 is 0. The van der Waals surface area contributed by atoms with E-state index in [2.05, 4.69) is 112 Å². The Bertz CT molecular complexity index is 1470. The van der Waals surface area contributed by atoms with Gasteiger partial charge in [0, 0.05) is 32.5 Å². The van der Waals surface area contributed by atoms with Crippen LogP contribution in [0.25, 0.3) is 22.5 Å². The molecule has 0 atom stereocenters.